The highest BCUT2D eigenvalue weighted by Crippen LogP contribution is 2.35. The van der Waals surface area contributed by atoms with Crippen LogP contribution in [-0.4, -0.2) is 72.0 Å². The summed E-state index contributed by atoms with van der Waals surface area (Å²) in [5.74, 6) is -1.22. The van der Waals surface area contributed by atoms with Crippen molar-refractivity contribution in [3.05, 3.63) is 181 Å². The van der Waals surface area contributed by atoms with E-state index in [2.05, 4.69) is 64.5 Å². The lowest BCUT2D eigenvalue weighted by Gasteiger charge is -2.25. The molecule has 4 amide bonds. The summed E-state index contributed by atoms with van der Waals surface area (Å²) in [7, 11) is -2.21. The Bertz CT molecular complexity index is 2120. The van der Waals surface area contributed by atoms with Gasteiger partial charge in [0.15, 0.2) is 0 Å². The summed E-state index contributed by atoms with van der Waals surface area (Å²) in [6, 6.07) is 54.6. The molecule has 1 aliphatic rings. The largest absolute Gasteiger partial charge is 0.395 e. The molecule has 4 N–H and O–H groups in total. The number of benzene rings is 6. The van der Waals surface area contributed by atoms with Crippen LogP contribution in [0.3, 0.4) is 0 Å². The maximum atomic E-state index is 14.6. The fourth-order valence-corrected chi connectivity index (χ4v) is 12.2. The maximum Gasteiger partial charge on any atom is 0.252 e. The van der Waals surface area contributed by atoms with Gasteiger partial charge in [-0.1, -0.05) is 158 Å². The summed E-state index contributed by atoms with van der Waals surface area (Å²) in [5.41, 5.74) is 1.03. The topological polar surface area (TPSA) is 128 Å². The number of rotatable bonds is 15. The molecule has 0 spiro atoms. The Hall–Kier alpha value is -5.98. The molecule has 1 fully saturated rings. The molecule has 1 aliphatic heterocycles. The first kappa shape index (κ1) is 41.2. The third-order valence-electron chi connectivity index (χ3n) is 10.1. The van der Waals surface area contributed by atoms with Crippen LogP contribution in [0.25, 0.3) is 0 Å². The molecule has 0 unspecified atom stereocenters. The van der Waals surface area contributed by atoms with Gasteiger partial charge in [-0.2, -0.15) is 0 Å². The second kappa shape index (κ2) is 20.1. The van der Waals surface area contributed by atoms with Crippen LogP contribution < -0.4 is 47.8 Å². The van der Waals surface area contributed by atoms with Crippen LogP contribution in [0.1, 0.15) is 33.6 Å². The Morgan fingerprint density at radius 2 is 0.864 bits per heavy atom. The van der Waals surface area contributed by atoms with Crippen molar-refractivity contribution in [3.63, 3.8) is 0 Å². The van der Waals surface area contributed by atoms with E-state index in [1.165, 1.54) is 0 Å². The molecule has 59 heavy (non-hydrogen) atoms. The standard InChI is InChI=1S/C48H46N4O5P2/c53-32-31-49-45(54)29-30-46(55)52-33-41(50-47(56)39-25-13-15-27-43(39)58(35-17-5-1-6-18-35)36-19-7-2-8-20-36)42(34-52)51-48(57)40-26-14-16-28-44(40)59(37-21-9-3-10-22-37)38-23-11-4-12-24-38/h1-28,41-42,53H,29-34H2,(H,49,54)(H,50,56)(H,51,57)/t41-,42-/m1/s1. The molecule has 11 heteroatoms. The van der Waals surface area contributed by atoms with Crippen molar-refractivity contribution in [2.45, 2.75) is 24.9 Å². The molecule has 0 saturated carbocycles. The fraction of sp³-hybridized carbons (Fsp3) is 0.167. The monoisotopic (exact) mass is 820 g/mol. The quantitative estimate of drug-likeness (QED) is 0.117. The third-order valence-corrected chi connectivity index (χ3v) is 15.1. The van der Waals surface area contributed by atoms with Gasteiger partial charge in [0.1, 0.15) is 0 Å². The van der Waals surface area contributed by atoms with E-state index in [9.17, 15) is 19.2 Å². The van der Waals surface area contributed by atoms with Gasteiger partial charge in [-0.05, 0) is 59.8 Å². The van der Waals surface area contributed by atoms with Gasteiger partial charge in [0.05, 0.1) is 18.7 Å². The molecule has 1 heterocycles. The number of aliphatic hydroxyl groups excluding tert-OH is 1. The summed E-state index contributed by atoms with van der Waals surface area (Å²) in [6.45, 7) is 0.197. The number of hydrogen-bond acceptors (Lipinski definition) is 5. The van der Waals surface area contributed by atoms with Crippen LogP contribution in [0.4, 0.5) is 0 Å². The summed E-state index contributed by atoms with van der Waals surface area (Å²) < 4.78 is 0. The minimum atomic E-state index is -1.10. The Labute approximate surface area is 347 Å². The first-order chi connectivity index (χ1) is 28.9. The molecular weight excluding hydrogens is 774 g/mol. The molecule has 2 atom stereocenters. The van der Waals surface area contributed by atoms with Gasteiger partial charge in [-0.15, -0.1) is 0 Å². The number of carbonyl (C=O) groups is 4. The average Bonchev–Trinajstić information content (AvgIpc) is 3.68. The highest BCUT2D eigenvalue weighted by Gasteiger charge is 2.38. The zero-order valence-electron chi connectivity index (χ0n) is 32.5. The summed E-state index contributed by atoms with van der Waals surface area (Å²) >= 11 is 0. The maximum absolute atomic E-state index is 14.6. The van der Waals surface area contributed by atoms with Gasteiger partial charge in [0.25, 0.3) is 11.8 Å². The Morgan fingerprint density at radius 3 is 1.24 bits per heavy atom. The highest BCUT2D eigenvalue weighted by atomic mass is 31.1. The van der Waals surface area contributed by atoms with Crippen molar-refractivity contribution >= 4 is 71.3 Å². The molecule has 0 radical (unpaired) electrons. The molecule has 0 aromatic heterocycles. The average molecular weight is 821 g/mol. The van der Waals surface area contributed by atoms with Crippen LogP contribution in [0.5, 0.6) is 0 Å². The van der Waals surface area contributed by atoms with E-state index in [0.717, 1.165) is 31.8 Å². The molecule has 9 nitrogen and oxygen atoms in total. The molecule has 6 aromatic carbocycles. The number of hydrogen-bond donors (Lipinski definition) is 4. The van der Waals surface area contributed by atoms with Crippen molar-refractivity contribution < 1.29 is 24.3 Å². The predicted octanol–water partition coefficient (Wildman–Crippen LogP) is 3.83. The molecule has 6 aromatic rings. The van der Waals surface area contributed by atoms with Crippen LogP contribution in [0.15, 0.2) is 170 Å². The van der Waals surface area contributed by atoms with E-state index in [4.69, 9.17) is 5.11 Å². The lowest BCUT2D eigenvalue weighted by molar-refractivity contribution is -0.132. The van der Waals surface area contributed by atoms with Gasteiger partial charge in [0.2, 0.25) is 11.8 Å². The lowest BCUT2D eigenvalue weighted by atomic mass is 10.1. The van der Waals surface area contributed by atoms with Crippen LogP contribution >= 0.6 is 15.8 Å². The second-order valence-electron chi connectivity index (χ2n) is 14.1. The smallest absolute Gasteiger partial charge is 0.252 e. The van der Waals surface area contributed by atoms with Crippen molar-refractivity contribution in [2.24, 2.45) is 0 Å². The highest BCUT2D eigenvalue weighted by molar-refractivity contribution is 7.80. The summed E-state index contributed by atoms with van der Waals surface area (Å²) in [4.78, 5) is 56.7. The van der Waals surface area contributed by atoms with E-state index in [1.807, 2.05) is 121 Å². The van der Waals surface area contributed by atoms with Gasteiger partial charge < -0.3 is 26.0 Å². The second-order valence-corrected chi connectivity index (χ2v) is 18.5. The Kier molecular flexibility index (Phi) is 14.1. The number of likely N-dealkylation sites (tertiary alicyclic amines) is 1. The predicted molar refractivity (Wildman–Crippen MR) is 239 cm³/mol. The third kappa shape index (κ3) is 10.2. The fourth-order valence-electron chi connectivity index (χ4n) is 7.34. The van der Waals surface area contributed by atoms with Crippen LogP contribution in [0.2, 0.25) is 0 Å². The summed E-state index contributed by atoms with van der Waals surface area (Å²) in [6.07, 6.45) is -0.101. The van der Waals surface area contributed by atoms with Crippen molar-refractivity contribution in [1.82, 2.24) is 20.9 Å². The Morgan fingerprint density at radius 1 is 0.508 bits per heavy atom. The number of nitrogens with zero attached hydrogens (tertiary/aromatic N) is 1. The van der Waals surface area contributed by atoms with Crippen LogP contribution in [0, 0.1) is 0 Å². The zero-order chi connectivity index (χ0) is 41.0. The molecule has 1 saturated heterocycles. The summed E-state index contributed by atoms with van der Waals surface area (Å²) in [5, 5.41) is 24.3. The normalized spacial score (nSPS) is 14.9. The van der Waals surface area contributed by atoms with Crippen molar-refractivity contribution in [2.75, 3.05) is 26.2 Å². The lowest BCUT2D eigenvalue weighted by Crippen LogP contribution is -2.52. The number of nitrogens with one attached hydrogen (secondary N) is 3. The zero-order valence-corrected chi connectivity index (χ0v) is 34.3. The number of carbonyl (C=O) groups excluding carboxylic acids is 4. The van der Waals surface area contributed by atoms with E-state index in [1.54, 1.807) is 4.90 Å². The van der Waals surface area contributed by atoms with E-state index < -0.39 is 27.9 Å². The van der Waals surface area contributed by atoms with E-state index in [-0.39, 0.29) is 62.7 Å². The van der Waals surface area contributed by atoms with Gasteiger partial charge in [0, 0.05) is 43.6 Å². The van der Waals surface area contributed by atoms with Crippen molar-refractivity contribution in [3.8, 4) is 0 Å². The molecule has 298 valence electrons. The van der Waals surface area contributed by atoms with E-state index >= 15 is 0 Å². The van der Waals surface area contributed by atoms with Gasteiger partial charge in [-0.3, -0.25) is 19.2 Å². The van der Waals surface area contributed by atoms with E-state index in [0.29, 0.717) is 11.1 Å². The molecule has 0 aliphatic carbocycles. The van der Waals surface area contributed by atoms with Crippen molar-refractivity contribution in [1.29, 1.82) is 0 Å². The minimum absolute atomic E-state index is 0.0465. The molecule has 0 bridgehead atoms. The first-order valence-electron chi connectivity index (χ1n) is 19.7. The van der Waals surface area contributed by atoms with Crippen LogP contribution in [-0.2, 0) is 9.59 Å². The SMILES string of the molecule is O=C(CCC(=O)N1C[C@@H](NC(=O)c2ccccc2P(c2ccccc2)c2ccccc2)[C@H](NC(=O)c2ccccc2P(c2ccccc2)c2ccccc2)C1)NCCO. The molecular formula is C48H46N4O5P2. The number of amides is 4. The van der Waals surface area contributed by atoms with Gasteiger partial charge >= 0.3 is 0 Å². The molecule has 7 rings (SSSR count). The minimum Gasteiger partial charge on any atom is -0.395 e. The number of aliphatic hydroxyl groups is 1. The Balaban J connectivity index is 1.19. The van der Waals surface area contributed by atoms with Gasteiger partial charge in [-0.25, -0.2) is 0 Å². The first-order valence-corrected chi connectivity index (χ1v) is 22.3.